The Bertz CT molecular complexity index is 872. The molecule has 0 aromatic carbocycles. The Morgan fingerprint density at radius 2 is 1.69 bits per heavy atom. The number of carboxylic acids is 1. The van der Waals surface area contributed by atoms with Gasteiger partial charge in [0.2, 0.25) is 17.7 Å². The van der Waals surface area contributed by atoms with Gasteiger partial charge in [-0.15, -0.1) is 0 Å². The van der Waals surface area contributed by atoms with Crippen molar-refractivity contribution in [1.82, 2.24) is 25.9 Å². The molecule has 1 heterocycles. The summed E-state index contributed by atoms with van der Waals surface area (Å²) in [5, 5.41) is 17.0. The summed E-state index contributed by atoms with van der Waals surface area (Å²) in [4.78, 5) is 60.0. The molecule has 0 bridgehead atoms. The number of carboxylic acid groups (broad SMARTS) is 1. The second-order valence-corrected chi connectivity index (χ2v) is 8.31. The number of H-pyrrole nitrogens is 1. The van der Waals surface area contributed by atoms with Crippen LogP contribution in [0.5, 0.6) is 0 Å². The Kier molecular flexibility index (Phi) is 13.5. The van der Waals surface area contributed by atoms with Crippen LogP contribution in [0.3, 0.4) is 0 Å². The van der Waals surface area contributed by atoms with Gasteiger partial charge in [-0.2, -0.15) is 0 Å². The van der Waals surface area contributed by atoms with Gasteiger partial charge in [0, 0.05) is 24.9 Å². The molecular formula is C21H38N10O5. The Morgan fingerprint density at radius 3 is 2.28 bits per heavy atom. The molecular weight excluding hydrogens is 472 g/mol. The number of rotatable bonds is 17. The van der Waals surface area contributed by atoms with Gasteiger partial charge in [0.25, 0.3) is 0 Å². The second kappa shape index (κ2) is 16.0. The quantitative estimate of drug-likeness (QED) is 0.0582. The Morgan fingerprint density at radius 1 is 1.03 bits per heavy atom. The number of carbonyl (C=O) groups excluding carboxylic acids is 3. The number of aromatic amines is 1. The van der Waals surface area contributed by atoms with Crippen LogP contribution in [0.4, 0.5) is 0 Å². The number of nitrogens with zero attached hydrogens (tertiary/aromatic N) is 2. The number of hydrogen-bond acceptors (Lipinski definition) is 8. The number of unbranched alkanes of at least 4 members (excludes halogenated alkanes) is 1. The number of guanidine groups is 1. The van der Waals surface area contributed by atoms with E-state index >= 15 is 0 Å². The van der Waals surface area contributed by atoms with Crippen molar-refractivity contribution >= 4 is 29.7 Å². The standard InChI is InChI=1S/C21H38N10O5/c1-12(29-18(33)14(23)9-13-10-26-11-28-13)17(32)30-15(5-2-3-7-22)19(34)31-16(20(35)36)6-4-8-27-21(24)25/h10-12,14-16H,2-9,22-23H2,1H3,(H,26,28)(H,29,33)(H,30,32)(H,31,34)(H,35,36)(H4,24,25,27). The SMILES string of the molecule is CC(NC(=O)C(N)Cc1cnc[nH]1)C(=O)NC(CCCCN)C(=O)NC(CCCN=C(N)N)C(=O)O. The number of imidazole rings is 1. The lowest BCUT2D eigenvalue weighted by molar-refractivity contribution is -0.142. The fraction of sp³-hybridized carbons (Fsp3) is 0.619. The minimum absolute atomic E-state index is 0.0853. The lowest BCUT2D eigenvalue weighted by Crippen LogP contribution is -2.56. The Hall–Kier alpha value is -3.72. The number of nitrogens with two attached hydrogens (primary N) is 4. The number of carbonyl (C=O) groups is 4. The van der Waals surface area contributed by atoms with Crippen molar-refractivity contribution in [3.8, 4) is 0 Å². The van der Waals surface area contributed by atoms with Crippen LogP contribution in [-0.2, 0) is 25.6 Å². The maximum absolute atomic E-state index is 12.9. The summed E-state index contributed by atoms with van der Waals surface area (Å²) in [6.45, 7) is 2.05. The summed E-state index contributed by atoms with van der Waals surface area (Å²) in [6, 6.07) is -4.13. The third kappa shape index (κ3) is 11.6. The maximum atomic E-state index is 12.9. The third-order valence-corrected chi connectivity index (χ3v) is 5.22. The van der Waals surface area contributed by atoms with Crippen LogP contribution in [0.2, 0.25) is 0 Å². The van der Waals surface area contributed by atoms with Crippen molar-refractivity contribution in [3.63, 3.8) is 0 Å². The molecule has 1 aromatic heterocycles. The molecule has 0 aliphatic heterocycles. The van der Waals surface area contributed by atoms with Gasteiger partial charge in [0.15, 0.2) is 5.96 Å². The van der Waals surface area contributed by atoms with E-state index in [9.17, 15) is 24.3 Å². The highest BCUT2D eigenvalue weighted by molar-refractivity contribution is 5.93. The van der Waals surface area contributed by atoms with Crippen LogP contribution in [0, 0.1) is 0 Å². The summed E-state index contributed by atoms with van der Waals surface area (Å²) < 4.78 is 0. The average molecular weight is 511 g/mol. The lowest BCUT2D eigenvalue weighted by atomic mass is 10.1. The zero-order valence-corrected chi connectivity index (χ0v) is 20.4. The van der Waals surface area contributed by atoms with Gasteiger partial charge >= 0.3 is 5.97 Å². The predicted octanol–water partition coefficient (Wildman–Crippen LogP) is -2.98. The minimum atomic E-state index is -1.23. The molecule has 4 atom stereocenters. The maximum Gasteiger partial charge on any atom is 0.326 e. The largest absolute Gasteiger partial charge is 0.480 e. The van der Waals surface area contributed by atoms with Crippen molar-refractivity contribution in [2.45, 2.75) is 69.6 Å². The molecule has 202 valence electrons. The zero-order chi connectivity index (χ0) is 27.1. The minimum Gasteiger partial charge on any atom is -0.480 e. The molecule has 0 aliphatic rings. The van der Waals surface area contributed by atoms with E-state index in [0.717, 1.165) is 0 Å². The van der Waals surface area contributed by atoms with Gasteiger partial charge in [-0.25, -0.2) is 9.78 Å². The van der Waals surface area contributed by atoms with Gasteiger partial charge in [-0.3, -0.25) is 19.4 Å². The molecule has 0 saturated heterocycles. The Labute approximate surface area is 209 Å². The fourth-order valence-corrected chi connectivity index (χ4v) is 3.20. The predicted molar refractivity (Wildman–Crippen MR) is 132 cm³/mol. The summed E-state index contributed by atoms with van der Waals surface area (Å²) in [7, 11) is 0. The first kappa shape index (κ1) is 30.3. The molecule has 36 heavy (non-hydrogen) atoms. The number of aliphatic carboxylic acids is 1. The molecule has 0 fully saturated rings. The first-order chi connectivity index (χ1) is 17.0. The van der Waals surface area contributed by atoms with Gasteiger partial charge in [-0.1, -0.05) is 0 Å². The number of aliphatic imine (C=N–C) groups is 1. The summed E-state index contributed by atoms with van der Waals surface area (Å²) >= 11 is 0. The van der Waals surface area contributed by atoms with Crippen LogP contribution in [-0.4, -0.2) is 82.0 Å². The van der Waals surface area contributed by atoms with E-state index in [1.807, 2.05) is 0 Å². The third-order valence-electron chi connectivity index (χ3n) is 5.22. The van der Waals surface area contributed by atoms with Gasteiger partial charge in [-0.05, 0) is 45.6 Å². The van der Waals surface area contributed by atoms with Crippen molar-refractivity contribution in [3.05, 3.63) is 18.2 Å². The molecule has 1 aromatic rings. The molecule has 1 rings (SSSR count). The highest BCUT2D eigenvalue weighted by Gasteiger charge is 2.28. The normalized spacial score (nSPS) is 14.1. The average Bonchev–Trinajstić information content (AvgIpc) is 3.32. The van der Waals surface area contributed by atoms with Crippen LogP contribution in [0.15, 0.2) is 17.5 Å². The number of amides is 3. The fourth-order valence-electron chi connectivity index (χ4n) is 3.20. The molecule has 0 radical (unpaired) electrons. The van der Waals surface area contributed by atoms with E-state index in [2.05, 4.69) is 30.9 Å². The van der Waals surface area contributed by atoms with Crippen molar-refractivity contribution in [2.24, 2.45) is 27.9 Å². The highest BCUT2D eigenvalue weighted by Crippen LogP contribution is 2.05. The number of nitrogens with one attached hydrogen (secondary N) is 4. The van der Waals surface area contributed by atoms with Crippen LogP contribution >= 0.6 is 0 Å². The molecule has 3 amide bonds. The van der Waals surface area contributed by atoms with Gasteiger partial charge < -0.3 is 49.0 Å². The lowest BCUT2D eigenvalue weighted by Gasteiger charge is -2.24. The number of aromatic nitrogens is 2. The van der Waals surface area contributed by atoms with Gasteiger partial charge in [0.1, 0.15) is 18.1 Å². The zero-order valence-electron chi connectivity index (χ0n) is 20.4. The molecule has 0 aliphatic carbocycles. The van der Waals surface area contributed by atoms with Gasteiger partial charge in [0.05, 0.1) is 12.4 Å². The van der Waals surface area contributed by atoms with Crippen LogP contribution in [0.25, 0.3) is 0 Å². The smallest absolute Gasteiger partial charge is 0.326 e. The molecule has 15 heteroatoms. The molecule has 0 saturated carbocycles. The van der Waals surface area contributed by atoms with Crippen LogP contribution < -0.4 is 38.9 Å². The summed E-state index contributed by atoms with van der Waals surface area (Å²) in [5.41, 5.74) is 22.6. The topological polar surface area (TPSA) is 270 Å². The van der Waals surface area contributed by atoms with Crippen molar-refractivity contribution < 1.29 is 24.3 Å². The summed E-state index contributed by atoms with van der Waals surface area (Å²) in [5.74, 6) is -3.18. The van der Waals surface area contributed by atoms with E-state index in [4.69, 9.17) is 22.9 Å². The first-order valence-corrected chi connectivity index (χ1v) is 11.7. The Balaban J connectivity index is 2.73. The van der Waals surface area contributed by atoms with E-state index in [-0.39, 0.29) is 31.8 Å². The summed E-state index contributed by atoms with van der Waals surface area (Å²) in [6.07, 6.45) is 4.97. The molecule has 13 N–H and O–H groups in total. The molecule has 15 nitrogen and oxygen atoms in total. The van der Waals surface area contributed by atoms with E-state index in [1.54, 1.807) is 6.20 Å². The van der Waals surface area contributed by atoms with E-state index in [0.29, 0.717) is 31.5 Å². The van der Waals surface area contributed by atoms with Crippen LogP contribution in [0.1, 0.15) is 44.7 Å². The molecule has 4 unspecified atom stereocenters. The van der Waals surface area contributed by atoms with Crippen molar-refractivity contribution in [1.29, 1.82) is 0 Å². The number of hydrogen-bond donors (Lipinski definition) is 9. The van der Waals surface area contributed by atoms with E-state index < -0.39 is 47.9 Å². The first-order valence-electron chi connectivity index (χ1n) is 11.7. The molecule has 0 spiro atoms. The van der Waals surface area contributed by atoms with E-state index in [1.165, 1.54) is 13.3 Å². The monoisotopic (exact) mass is 510 g/mol. The second-order valence-electron chi connectivity index (χ2n) is 8.31. The highest BCUT2D eigenvalue weighted by atomic mass is 16.4. The van der Waals surface area contributed by atoms with Crippen molar-refractivity contribution in [2.75, 3.05) is 13.1 Å².